The summed E-state index contributed by atoms with van der Waals surface area (Å²) in [6.07, 6.45) is 1.43. The number of hydrazone groups is 1. The van der Waals surface area contributed by atoms with Crippen molar-refractivity contribution < 1.29 is 13.7 Å². The zero-order valence-electron chi connectivity index (χ0n) is 14.7. The van der Waals surface area contributed by atoms with Gasteiger partial charge in [-0.15, -0.1) is 0 Å². The van der Waals surface area contributed by atoms with Crippen LogP contribution in [0, 0.1) is 15.9 Å². The highest BCUT2D eigenvalue weighted by molar-refractivity contribution is 5.81. The number of nitrogens with one attached hydrogen (secondary N) is 1. The SMILES string of the molecule is Cn1c(N/N=C\c2ccc(-c3ccc(F)cc3[N+](=O)[O-])o2)nc2ccccc21. The lowest BCUT2D eigenvalue weighted by Crippen LogP contribution is -1.98. The van der Waals surface area contributed by atoms with E-state index in [0.717, 1.165) is 23.2 Å². The lowest BCUT2D eigenvalue weighted by Gasteiger charge is -2.00. The Morgan fingerprint density at radius 3 is 2.86 bits per heavy atom. The zero-order valence-corrected chi connectivity index (χ0v) is 14.7. The Kier molecular flexibility index (Phi) is 4.32. The van der Waals surface area contributed by atoms with Crippen molar-refractivity contribution in [2.45, 2.75) is 0 Å². The van der Waals surface area contributed by atoms with Gasteiger partial charge in [-0.25, -0.2) is 14.8 Å². The molecule has 0 aliphatic rings. The van der Waals surface area contributed by atoms with E-state index in [1.807, 2.05) is 35.9 Å². The number of imidazole rings is 1. The molecule has 0 saturated heterocycles. The topological polar surface area (TPSA) is 98.5 Å². The lowest BCUT2D eigenvalue weighted by molar-refractivity contribution is -0.384. The highest BCUT2D eigenvalue weighted by atomic mass is 19.1. The second-order valence-corrected chi connectivity index (χ2v) is 5.97. The van der Waals surface area contributed by atoms with Crippen LogP contribution in [0.4, 0.5) is 16.0 Å². The van der Waals surface area contributed by atoms with Gasteiger partial charge in [0.2, 0.25) is 5.95 Å². The van der Waals surface area contributed by atoms with E-state index in [9.17, 15) is 14.5 Å². The number of para-hydroxylation sites is 2. The van der Waals surface area contributed by atoms with Gasteiger partial charge in [0.1, 0.15) is 17.3 Å². The normalized spacial score (nSPS) is 11.4. The number of nitrogens with zero attached hydrogens (tertiary/aromatic N) is 4. The summed E-state index contributed by atoms with van der Waals surface area (Å²) in [5.74, 6) is 0.490. The standard InChI is InChI=1S/C19H14FN5O3/c1-24-16-5-3-2-4-15(16)22-19(24)23-21-11-13-7-9-18(28-13)14-8-6-12(20)10-17(14)25(26)27/h2-11H,1H3,(H,22,23)/b21-11-. The summed E-state index contributed by atoms with van der Waals surface area (Å²) in [5.41, 5.74) is 4.47. The molecule has 0 aliphatic carbocycles. The lowest BCUT2D eigenvalue weighted by atomic mass is 10.1. The number of hydrogen-bond donors (Lipinski definition) is 1. The van der Waals surface area contributed by atoms with Crippen LogP contribution >= 0.6 is 0 Å². The van der Waals surface area contributed by atoms with Crippen molar-refractivity contribution in [1.29, 1.82) is 0 Å². The molecule has 0 bridgehead atoms. The number of furan rings is 1. The van der Waals surface area contributed by atoms with Crippen molar-refractivity contribution >= 4 is 28.9 Å². The molecule has 140 valence electrons. The molecule has 0 fully saturated rings. The van der Waals surface area contributed by atoms with Crippen LogP contribution in [0.3, 0.4) is 0 Å². The third-order valence-electron chi connectivity index (χ3n) is 4.19. The van der Waals surface area contributed by atoms with E-state index in [1.165, 1.54) is 12.3 Å². The number of aryl methyl sites for hydroxylation is 1. The Balaban J connectivity index is 1.55. The number of benzene rings is 2. The van der Waals surface area contributed by atoms with E-state index in [-0.39, 0.29) is 17.0 Å². The van der Waals surface area contributed by atoms with Gasteiger partial charge in [-0.05, 0) is 36.4 Å². The zero-order chi connectivity index (χ0) is 19.7. The summed E-state index contributed by atoms with van der Waals surface area (Å²) in [7, 11) is 1.87. The third kappa shape index (κ3) is 3.20. The van der Waals surface area contributed by atoms with E-state index in [1.54, 1.807) is 12.1 Å². The van der Waals surface area contributed by atoms with Gasteiger partial charge in [0.15, 0.2) is 0 Å². The minimum atomic E-state index is -0.685. The highest BCUT2D eigenvalue weighted by Gasteiger charge is 2.19. The van der Waals surface area contributed by atoms with E-state index in [0.29, 0.717) is 11.7 Å². The smallest absolute Gasteiger partial charge is 0.283 e. The van der Waals surface area contributed by atoms with Crippen molar-refractivity contribution in [2.24, 2.45) is 12.1 Å². The highest BCUT2D eigenvalue weighted by Crippen LogP contribution is 2.31. The molecule has 9 heteroatoms. The maximum absolute atomic E-state index is 13.3. The van der Waals surface area contributed by atoms with Crippen molar-refractivity contribution in [3.05, 3.63) is 76.3 Å². The first-order chi connectivity index (χ1) is 13.5. The van der Waals surface area contributed by atoms with Crippen LogP contribution in [0.1, 0.15) is 5.76 Å². The summed E-state index contributed by atoms with van der Waals surface area (Å²) < 4.78 is 20.7. The maximum Gasteiger partial charge on any atom is 0.283 e. The van der Waals surface area contributed by atoms with Crippen LogP contribution in [-0.4, -0.2) is 20.7 Å². The predicted octanol–water partition coefficient (Wildman–Crippen LogP) is 4.33. The number of anilines is 1. The Hall–Kier alpha value is -4.01. The number of halogens is 1. The molecule has 0 aliphatic heterocycles. The van der Waals surface area contributed by atoms with Gasteiger partial charge in [-0.3, -0.25) is 10.1 Å². The second-order valence-electron chi connectivity index (χ2n) is 5.97. The summed E-state index contributed by atoms with van der Waals surface area (Å²) >= 11 is 0. The second kappa shape index (κ2) is 6.95. The van der Waals surface area contributed by atoms with Crippen LogP contribution in [-0.2, 0) is 7.05 Å². The molecule has 0 atom stereocenters. The van der Waals surface area contributed by atoms with Crippen molar-refractivity contribution in [2.75, 3.05) is 5.43 Å². The van der Waals surface area contributed by atoms with Crippen molar-refractivity contribution in [3.8, 4) is 11.3 Å². The molecule has 0 radical (unpaired) electrons. The molecule has 0 amide bonds. The number of aromatic nitrogens is 2. The molecule has 28 heavy (non-hydrogen) atoms. The van der Waals surface area contributed by atoms with Crippen LogP contribution < -0.4 is 5.43 Å². The van der Waals surface area contributed by atoms with Crippen LogP contribution in [0.15, 0.2) is 64.1 Å². The average Bonchev–Trinajstić information content (AvgIpc) is 3.27. The van der Waals surface area contributed by atoms with Gasteiger partial charge >= 0.3 is 0 Å². The largest absolute Gasteiger partial charge is 0.455 e. The van der Waals surface area contributed by atoms with Gasteiger partial charge in [0, 0.05) is 7.05 Å². The molecular weight excluding hydrogens is 365 g/mol. The van der Waals surface area contributed by atoms with Crippen LogP contribution in [0.25, 0.3) is 22.4 Å². The molecule has 8 nitrogen and oxygen atoms in total. The molecule has 4 aromatic rings. The molecule has 2 aromatic carbocycles. The number of hydrogen-bond acceptors (Lipinski definition) is 6. The number of nitro groups is 1. The third-order valence-corrected chi connectivity index (χ3v) is 4.19. The fraction of sp³-hybridized carbons (Fsp3) is 0.0526. The first-order valence-corrected chi connectivity index (χ1v) is 8.27. The molecule has 1 N–H and O–H groups in total. The van der Waals surface area contributed by atoms with Gasteiger partial charge < -0.3 is 8.98 Å². The predicted molar refractivity (Wildman–Crippen MR) is 103 cm³/mol. The van der Waals surface area contributed by atoms with Gasteiger partial charge in [-0.2, -0.15) is 5.10 Å². The quantitative estimate of drug-likeness (QED) is 0.316. The molecule has 0 spiro atoms. The fourth-order valence-corrected chi connectivity index (χ4v) is 2.83. The molecule has 4 rings (SSSR count). The molecule has 0 unspecified atom stereocenters. The van der Waals surface area contributed by atoms with Gasteiger partial charge in [0.25, 0.3) is 5.69 Å². The Bertz CT molecular complexity index is 1210. The summed E-state index contributed by atoms with van der Waals surface area (Å²) in [4.78, 5) is 14.9. The Morgan fingerprint density at radius 2 is 2.07 bits per heavy atom. The summed E-state index contributed by atoms with van der Waals surface area (Å²) in [6, 6.07) is 14.2. The number of fused-ring (bicyclic) bond motifs is 1. The Morgan fingerprint density at radius 1 is 1.25 bits per heavy atom. The van der Waals surface area contributed by atoms with Crippen LogP contribution in [0.5, 0.6) is 0 Å². The number of rotatable bonds is 5. The monoisotopic (exact) mass is 379 g/mol. The average molecular weight is 379 g/mol. The van der Waals surface area contributed by atoms with E-state index in [2.05, 4.69) is 15.5 Å². The molecule has 0 saturated carbocycles. The van der Waals surface area contributed by atoms with E-state index in [4.69, 9.17) is 4.42 Å². The summed E-state index contributed by atoms with van der Waals surface area (Å²) in [6.45, 7) is 0. The van der Waals surface area contributed by atoms with E-state index < -0.39 is 10.7 Å². The fourth-order valence-electron chi connectivity index (χ4n) is 2.83. The first-order valence-electron chi connectivity index (χ1n) is 8.27. The van der Waals surface area contributed by atoms with Gasteiger partial charge in [0.05, 0.1) is 33.8 Å². The minimum Gasteiger partial charge on any atom is -0.455 e. The number of nitro benzene ring substituents is 1. The van der Waals surface area contributed by atoms with Crippen LogP contribution in [0.2, 0.25) is 0 Å². The maximum atomic E-state index is 13.3. The first kappa shape index (κ1) is 17.4. The van der Waals surface area contributed by atoms with Crippen molar-refractivity contribution in [3.63, 3.8) is 0 Å². The Labute approximate surface area is 158 Å². The van der Waals surface area contributed by atoms with E-state index >= 15 is 0 Å². The van der Waals surface area contributed by atoms with Gasteiger partial charge in [-0.1, -0.05) is 12.1 Å². The molecular formula is C19H14FN5O3. The molecule has 2 aromatic heterocycles. The van der Waals surface area contributed by atoms with Crippen molar-refractivity contribution in [1.82, 2.24) is 9.55 Å². The minimum absolute atomic E-state index is 0.189. The molecule has 2 heterocycles. The summed E-state index contributed by atoms with van der Waals surface area (Å²) in [5, 5.41) is 15.2.